The summed E-state index contributed by atoms with van der Waals surface area (Å²) in [5, 5.41) is 18.9. The summed E-state index contributed by atoms with van der Waals surface area (Å²) in [5.74, 6) is -1.56. The second kappa shape index (κ2) is 6.20. The molecule has 1 aromatic rings. The van der Waals surface area contributed by atoms with Crippen LogP contribution < -0.4 is 0 Å². The maximum atomic E-state index is 13.2. The lowest BCUT2D eigenvalue weighted by molar-refractivity contribution is 0.0571. The van der Waals surface area contributed by atoms with Crippen LogP contribution in [0.25, 0.3) is 0 Å². The molecule has 0 atom stereocenters. The van der Waals surface area contributed by atoms with Gasteiger partial charge < -0.3 is 10.2 Å². The quantitative estimate of drug-likeness (QED) is 0.781. The van der Waals surface area contributed by atoms with Gasteiger partial charge in [-0.15, -0.1) is 11.8 Å². The van der Waals surface area contributed by atoms with Crippen LogP contribution in [0, 0.1) is 5.82 Å². The van der Waals surface area contributed by atoms with Crippen LogP contribution in [0.3, 0.4) is 0 Å². The van der Waals surface area contributed by atoms with Gasteiger partial charge in [0.05, 0.1) is 11.2 Å². The van der Waals surface area contributed by atoms with Crippen molar-refractivity contribution >= 4 is 17.7 Å². The molecule has 0 aliphatic heterocycles. The minimum Gasteiger partial charge on any atom is -0.478 e. The first-order chi connectivity index (χ1) is 8.41. The van der Waals surface area contributed by atoms with Gasteiger partial charge in [0.1, 0.15) is 5.82 Å². The van der Waals surface area contributed by atoms with Gasteiger partial charge in [-0.1, -0.05) is 13.8 Å². The van der Waals surface area contributed by atoms with Crippen molar-refractivity contribution in [2.75, 3.05) is 5.75 Å². The zero-order valence-electron chi connectivity index (χ0n) is 10.4. The third-order valence-corrected chi connectivity index (χ3v) is 4.26. The zero-order chi connectivity index (χ0) is 13.8. The molecule has 0 spiro atoms. The van der Waals surface area contributed by atoms with Crippen LogP contribution in [0.2, 0.25) is 0 Å². The predicted molar refractivity (Wildman–Crippen MR) is 69.6 cm³/mol. The molecule has 2 N–H and O–H groups in total. The molecule has 5 heteroatoms. The summed E-state index contributed by atoms with van der Waals surface area (Å²) in [5.41, 5.74) is -1.10. The molecule has 0 aromatic heterocycles. The molecule has 100 valence electrons. The number of aromatic carboxylic acids is 1. The average Bonchev–Trinajstić information content (AvgIpc) is 2.37. The van der Waals surface area contributed by atoms with E-state index in [2.05, 4.69) is 0 Å². The molecule has 3 nitrogen and oxygen atoms in total. The van der Waals surface area contributed by atoms with Crippen molar-refractivity contribution in [2.24, 2.45) is 0 Å². The van der Waals surface area contributed by atoms with E-state index in [4.69, 9.17) is 5.11 Å². The fourth-order valence-electron chi connectivity index (χ4n) is 1.43. The smallest absolute Gasteiger partial charge is 0.338 e. The molecular weight excluding hydrogens is 255 g/mol. The second-order valence-corrected chi connectivity index (χ2v) is 5.22. The number of thioether (sulfide) groups is 1. The molecule has 18 heavy (non-hydrogen) atoms. The lowest BCUT2D eigenvalue weighted by Gasteiger charge is -2.24. The van der Waals surface area contributed by atoms with E-state index in [-0.39, 0.29) is 5.56 Å². The summed E-state index contributed by atoms with van der Waals surface area (Å²) < 4.78 is 13.2. The summed E-state index contributed by atoms with van der Waals surface area (Å²) >= 11 is 1.34. The Labute approximate surface area is 110 Å². The normalized spacial score (nSPS) is 11.6. The molecule has 0 bridgehead atoms. The Kier molecular flexibility index (Phi) is 5.16. The lowest BCUT2D eigenvalue weighted by atomic mass is 10.0. The highest BCUT2D eigenvalue weighted by molar-refractivity contribution is 7.99. The highest BCUT2D eigenvalue weighted by atomic mass is 32.2. The first-order valence-corrected chi connectivity index (χ1v) is 6.78. The monoisotopic (exact) mass is 272 g/mol. The Morgan fingerprint density at radius 1 is 1.39 bits per heavy atom. The number of benzene rings is 1. The van der Waals surface area contributed by atoms with Crippen molar-refractivity contribution in [1.82, 2.24) is 0 Å². The maximum absolute atomic E-state index is 13.2. The van der Waals surface area contributed by atoms with Crippen LogP contribution in [-0.4, -0.2) is 27.5 Å². The van der Waals surface area contributed by atoms with Crippen LogP contribution in [0.5, 0.6) is 0 Å². The maximum Gasteiger partial charge on any atom is 0.338 e. The van der Waals surface area contributed by atoms with E-state index in [9.17, 15) is 14.3 Å². The van der Waals surface area contributed by atoms with Gasteiger partial charge in [-0.3, -0.25) is 0 Å². The van der Waals surface area contributed by atoms with E-state index in [0.717, 1.165) is 6.07 Å². The van der Waals surface area contributed by atoms with E-state index in [1.807, 2.05) is 13.8 Å². The van der Waals surface area contributed by atoms with Crippen molar-refractivity contribution in [1.29, 1.82) is 0 Å². The molecule has 0 saturated heterocycles. The van der Waals surface area contributed by atoms with Gasteiger partial charge in [-0.2, -0.15) is 0 Å². The number of halogens is 1. The van der Waals surface area contributed by atoms with Gasteiger partial charge in [-0.05, 0) is 31.0 Å². The van der Waals surface area contributed by atoms with Gasteiger partial charge in [0.25, 0.3) is 0 Å². The summed E-state index contributed by atoms with van der Waals surface area (Å²) in [6.07, 6.45) is 1.26. The molecule has 1 aromatic carbocycles. The molecule has 0 fully saturated rings. The first-order valence-electron chi connectivity index (χ1n) is 5.80. The Morgan fingerprint density at radius 3 is 2.50 bits per heavy atom. The topological polar surface area (TPSA) is 57.5 Å². The number of carbonyl (C=O) groups is 1. The zero-order valence-corrected chi connectivity index (χ0v) is 11.3. The molecule has 0 aliphatic rings. The van der Waals surface area contributed by atoms with Crippen molar-refractivity contribution in [3.05, 3.63) is 29.6 Å². The standard InChI is InChI=1S/C13H17FO3S/c1-3-13(17,4-2)8-18-9-5-6-11(14)10(7-9)12(15)16/h5-7,17H,3-4,8H2,1-2H3,(H,15,16). The van der Waals surface area contributed by atoms with Gasteiger partial charge in [0.15, 0.2) is 0 Å². The van der Waals surface area contributed by atoms with E-state index >= 15 is 0 Å². The number of aliphatic hydroxyl groups is 1. The van der Waals surface area contributed by atoms with E-state index in [1.54, 1.807) is 0 Å². The Balaban J connectivity index is 2.80. The number of hydrogen-bond acceptors (Lipinski definition) is 3. The summed E-state index contributed by atoms with van der Waals surface area (Å²) in [4.78, 5) is 11.4. The Morgan fingerprint density at radius 2 is 2.00 bits per heavy atom. The lowest BCUT2D eigenvalue weighted by Crippen LogP contribution is -2.29. The fraction of sp³-hybridized carbons (Fsp3) is 0.462. The summed E-state index contributed by atoms with van der Waals surface area (Å²) in [7, 11) is 0. The second-order valence-electron chi connectivity index (χ2n) is 4.17. The fourth-order valence-corrected chi connectivity index (χ4v) is 2.64. The molecule has 1 rings (SSSR count). The minimum atomic E-state index is -1.28. The van der Waals surface area contributed by atoms with Crippen LogP contribution in [-0.2, 0) is 0 Å². The molecule has 0 saturated carbocycles. The largest absolute Gasteiger partial charge is 0.478 e. The number of carboxylic acids is 1. The van der Waals surface area contributed by atoms with Crippen molar-refractivity contribution < 1.29 is 19.4 Å². The third kappa shape index (κ3) is 3.71. The van der Waals surface area contributed by atoms with Crippen molar-refractivity contribution in [2.45, 2.75) is 37.2 Å². The number of rotatable bonds is 6. The Hall–Kier alpha value is -1.07. The molecule has 0 unspecified atom stereocenters. The van der Waals surface area contributed by atoms with Crippen molar-refractivity contribution in [3.8, 4) is 0 Å². The minimum absolute atomic E-state index is 0.337. The number of carboxylic acid groups (broad SMARTS) is 1. The third-order valence-electron chi connectivity index (χ3n) is 2.99. The average molecular weight is 272 g/mol. The first kappa shape index (κ1) is 15.0. The molecule has 0 aliphatic carbocycles. The SMILES string of the molecule is CCC(O)(CC)CSc1ccc(F)c(C(=O)O)c1. The van der Waals surface area contributed by atoms with Gasteiger partial charge in [0, 0.05) is 10.6 Å². The van der Waals surface area contributed by atoms with E-state index in [1.165, 1.54) is 23.9 Å². The molecule has 0 heterocycles. The molecular formula is C13H17FO3S. The van der Waals surface area contributed by atoms with E-state index < -0.39 is 17.4 Å². The Bertz CT molecular complexity index is 430. The van der Waals surface area contributed by atoms with Crippen molar-refractivity contribution in [3.63, 3.8) is 0 Å². The summed E-state index contributed by atoms with van der Waals surface area (Å²) in [6.45, 7) is 3.80. The van der Waals surface area contributed by atoms with Crippen LogP contribution in [0.4, 0.5) is 4.39 Å². The highest BCUT2D eigenvalue weighted by Crippen LogP contribution is 2.28. The summed E-state index contributed by atoms with van der Waals surface area (Å²) in [6, 6.07) is 3.97. The van der Waals surface area contributed by atoms with Gasteiger partial charge in [0.2, 0.25) is 0 Å². The predicted octanol–water partition coefficient (Wildman–Crippen LogP) is 3.17. The van der Waals surface area contributed by atoms with E-state index in [0.29, 0.717) is 23.5 Å². The van der Waals surface area contributed by atoms with Gasteiger partial charge >= 0.3 is 5.97 Å². The molecule has 0 radical (unpaired) electrons. The molecule has 0 amide bonds. The number of hydrogen-bond donors (Lipinski definition) is 2. The van der Waals surface area contributed by atoms with Crippen LogP contribution >= 0.6 is 11.8 Å². The van der Waals surface area contributed by atoms with Gasteiger partial charge in [-0.25, -0.2) is 9.18 Å². The van der Waals surface area contributed by atoms with Crippen LogP contribution in [0.15, 0.2) is 23.1 Å². The van der Waals surface area contributed by atoms with Crippen LogP contribution in [0.1, 0.15) is 37.0 Å². The highest BCUT2D eigenvalue weighted by Gasteiger charge is 2.22.